The number of ether oxygens (including phenoxy) is 1. The lowest BCUT2D eigenvalue weighted by Gasteiger charge is -2.06. The second-order valence-corrected chi connectivity index (χ2v) is 3.49. The van der Waals surface area contributed by atoms with Gasteiger partial charge in [0.2, 0.25) is 0 Å². The number of nitrogens with two attached hydrogens (primary N) is 1. The average Bonchev–Trinajstić information content (AvgIpc) is 2.25. The van der Waals surface area contributed by atoms with Gasteiger partial charge in [-0.1, -0.05) is 18.2 Å². The van der Waals surface area contributed by atoms with Gasteiger partial charge in [-0.05, 0) is 30.9 Å². The molecule has 3 heteroatoms. The van der Waals surface area contributed by atoms with E-state index in [0.717, 1.165) is 30.5 Å². The van der Waals surface area contributed by atoms with E-state index in [0.29, 0.717) is 13.2 Å². The molecular weight excluding hydrogens is 190 g/mol. The third-order valence-electron chi connectivity index (χ3n) is 2.27. The fourth-order valence-corrected chi connectivity index (χ4v) is 1.36. The van der Waals surface area contributed by atoms with E-state index in [1.807, 2.05) is 24.3 Å². The summed E-state index contributed by atoms with van der Waals surface area (Å²) in [7, 11) is 0. The predicted octanol–water partition coefficient (Wildman–Crippen LogP) is 1.60. The second kappa shape index (κ2) is 7.26. The minimum absolute atomic E-state index is 0.245. The molecular formula is C12H19NO2. The number of nitrogen functional groups attached to an aromatic ring is 1. The van der Waals surface area contributed by atoms with E-state index in [1.165, 1.54) is 0 Å². The fraction of sp³-hybridized carbons (Fsp3) is 0.500. The van der Waals surface area contributed by atoms with Crippen LogP contribution in [0.5, 0.6) is 0 Å². The van der Waals surface area contributed by atoms with Crippen LogP contribution in [0.3, 0.4) is 0 Å². The van der Waals surface area contributed by atoms with Gasteiger partial charge in [0.15, 0.2) is 0 Å². The molecule has 0 saturated carbocycles. The van der Waals surface area contributed by atoms with Crippen molar-refractivity contribution in [1.82, 2.24) is 0 Å². The van der Waals surface area contributed by atoms with Gasteiger partial charge >= 0.3 is 0 Å². The molecule has 1 aromatic rings. The smallest absolute Gasteiger partial charge is 0.0507 e. The minimum atomic E-state index is 0.245. The Kier molecular flexibility index (Phi) is 5.81. The molecule has 1 rings (SSSR count). The molecule has 0 unspecified atom stereocenters. The summed E-state index contributed by atoms with van der Waals surface area (Å²) in [5, 5.41) is 8.57. The summed E-state index contributed by atoms with van der Waals surface area (Å²) in [6, 6.07) is 7.84. The number of hydrogen-bond acceptors (Lipinski definition) is 3. The van der Waals surface area contributed by atoms with Crippen LogP contribution in [-0.2, 0) is 11.2 Å². The van der Waals surface area contributed by atoms with E-state index in [2.05, 4.69) is 0 Å². The van der Waals surface area contributed by atoms with Crippen molar-refractivity contribution < 1.29 is 9.84 Å². The Morgan fingerprint density at radius 2 is 1.93 bits per heavy atom. The molecule has 15 heavy (non-hydrogen) atoms. The van der Waals surface area contributed by atoms with Crippen LogP contribution in [0.1, 0.15) is 18.4 Å². The Bertz CT molecular complexity index is 276. The van der Waals surface area contributed by atoms with E-state index in [4.69, 9.17) is 15.6 Å². The number of hydrogen-bond donors (Lipinski definition) is 2. The normalized spacial score (nSPS) is 10.5. The van der Waals surface area contributed by atoms with Crippen LogP contribution in [0.2, 0.25) is 0 Å². The summed E-state index contributed by atoms with van der Waals surface area (Å²) in [5.74, 6) is 0. The van der Waals surface area contributed by atoms with Gasteiger partial charge in [-0.2, -0.15) is 0 Å². The molecule has 0 aliphatic heterocycles. The molecule has 0 fully saturated rings. The van der Waals surface area contributed by atoms with Gasteiger partial charge in [-0.3, -0.25) is 0 Å². The van der Waals surface area contributed by atoms with E-state index < -0.39 is 0 Å². The van der Waals surface area contributed by atoms with Crippen molar-refractivity contribution in [3.05, 3.63) is 29.8 Å². The van der Waals surface area contributed by atoms with Crippen molar-refractivity contribution in [2.75, 3.05) is 25.6 Å². The zero-order chi connectivity index (χ0) is 10.9. The SMILES string of the molecule is Nc1ccccc1CCOCCCCO. The molecule has 0 aromatic heterocycles. The zero-order valence-corrected chi connectivity index (χ0v) is 8.98. The lowest BCUT2D eigenvalue weighted by molar-refractivity contribution is 0.128. The van der Waals surface area contributed by atoms with E-state index >= 15 is 0 Å². The van der Waals surface area contributed by atoms with Gasteiger partial charge in [0.05, 0.1) is 6.61 Å². The van der Waals surface area contributed by atoms with Crippen LogP contribution < -0.4 is 5.73 Å². The highest BCUT2D eigenvalue weighted by Gasteiger charge is 1.97. The maximum atomic E-state index is 8.57. The van der Waals surface area contributed by atoms with Crippen molar-refractivity contribution in [3.8, 4) is 0 Å². The Hall–Kier alpha value is -1.06. The molecule has 0 spiro atoms. The quantitative estimate of drug-likeness (QED) is 0.530. The maximum Gasteiger partial charge on any atom is 0.0507 e. The Labute approximate surface area is 90.9 Å². The summed E-state index contributed by atoms with van der Waals surface area (Å²) in [6.07, 6.45) is 2.58. The largest absolute Gasteiger partial charge is 0.399 e. The monoisotopic (exact) mass is 209 g/mol. The van der Waals surface area contributed by atoms with E-state index in [1.54, 1.807) is 0 Å². The van der Waals surface area contributed by atoms with Gasteiger partial charge in [-0.15, -0.1) is 0 Å². The third kappa shape index (κ3) is 4.81. The molecule has 0 atom stereocenters. The first-order valence-electron chi connectivity index (χ1n) is 5.36. The average molecular weight is 209 g/mol. The van der Waals surface area contributed by atoms with Gasteiger partial charge in [-0.25, -0.2) is 0 Å². The first-order chi connectivity index (χ1) is 7.34. The lowest BCUT2D eigenvalue weighted by atomic mass is 10.1. The third-order valence-corrected chi connectivity index (χ3v) is 2.27. The number of rotatable bonds is 7. The summed E-state index contributed by atoms with van der Waals surface area (Å²) in [5.41, 5.74) is 7.76. The lowest BCUT2D eigenvalue weighted by Crippen LogP contribution is -2.03. The number of anilines is 1. The first-order valence-corrected chi connectivity index (χ1v) is 5.36. The fourth-order valence-electron chi connectivity index (χ4n) is 1.36. The molecule has 3 nitrogen and oxygen atoms in total. The molecule has 0 bridgehead atoms. The molecule has 0 amide bonds. The van der Waals surface area contributed by atoms with Crippen LogP contribution in [0.4, 0.5) is 5.69 Å². The summed E-state index contributed by atoms with van der Waals surface area (Å²) in [6.45, 7) is 1.65. The van der Waals surface area contributed by atoms with Gasteiger partial charge in [0.1, 0.15) is 0 Å². The number of benzene rings is 1. The van der Waals surface area contributed by atoms with Crippen LogP contribution in [0.25, 0.3) is 0 Å². The second-order valence-electron chi connectivity index (χ2n) is 3.49. The Balaban J connectivity index is 2.12. The number of aliphatic hydroxyl groups is 1. The van der Waals surface area contributed by atoms with Crippen LogP contribution in [-0.4, -0.2) is 24.9 Å². The molecule has 3 N–H and O–H groups in total. The number of para-hydroxylation sites is 1. The van der Waals surface area contributed by atoms with Gasteiger partial charge in [0, 0.05) is 18.9 Å². The molecule has 0 aliphatic rings. The van der Waals surface area contributed by atoms with Crippen LogP contribution >= 0.6 is 0 Å². The predicted molar refractivity (Wildman–Crippen MR) is 61.7 cm³/mol. The molecule has 0 saturated heterocycles. The molecule has 84 valence electrons. The standard InChI is InChI=1S/C12H19NO2/c13-12-6-2-1-5-11(12)7-10-15-9-4-3-8-14/h1-2,5-6,14H,3-4,7-10,13H2. The van der Waals surface area contributed by atoms with E-state index in [9.17, 15) is 0 Å². The Morgan fingerprint density at radius 3 is 2.67 bits per heavy atom. The van der Waals surface area contributed by atoms with E-state index in [-0.39, 0.29) is 6.61 Å². The van der Waals surface area contributed by atoms with Crippen LogP contribution in [0.15, 0.2) is 24.3 Å². The summed E-state index contributed by atoms with van der Waals surface area (Å²) in [4.78, 5) is 0. The van der Waals surface area contributed by atoms with Gasteiger partial charge < -0.3 is 15.6 Å². The highest BCUT2D eigenvalue weighted by atomic mass is 16.5. The summed E-state index contributed by atoms with van der Waals surface area (Å²) >= 11 is 0. The summed E-state index contributed by atoms with van der Waals surface area (Å²) < 4.78 is 5.43. The Morgan fingerprint density at radius 1 is 1.13 bits per heavy atom. The highest BCUT2D eigenvalue weighted by Crippen LogP contribution is 2.10. The van der Waals surface area contributed by atoms with Gasteiger partial charge in [0.25, 0.3) is 0 Å². The topological polar surface area (TPSA) is 55.5 Å². The molecule has 0 radical (unpaired) electrons. The van der Waals surface area contributed by atoms with Crippen molar-refractivity contribution in [1.29, 1.82) is 0 Å². The highest BCUT2D eigenvalue weighted by molar-refractivity contribution is 5.46. The number of aliphatic hydroxyl groups excluding tert-OH is 1. The first kappa shape index (κ1) is 12.0. The molecule has 1 aromatic carbocycles. The molecule has 0 aliphatic carbocycles. The molecule has 0 heterocycles. The van der Waals surface area contributed by atoms with Crippen LogP contribution in [0, 0.1) is 0 Å². The zero-order valence-electron chi connectivity index (χ0n) is 8.98. The van der Waals surface area contributed by atoms with Crippen molar-refractivity contribution in [2.45, 2.75) is 19.3 Å². The maximum absolute atomic E-state index is 8.57. The van der Waals surface area contributed by atoms with Crippen molar-refractivity contribution in [2.24, 2.45) is 0 Å². The van der Waals surface area contributed by atoms with Crippen molar-refractivity contribution >= 4 is 5.69 Å². The minimum Gasteiger partial charge on any atom is -0.399 e. The van der Waals surface area contributed by atoms with Crippen molar-refractivity contribution in [3.63, 3.8) is 0 Å². The number of unbranched alkanes of at least 4 members (excludes halogenated alkanes) is 1.